The molecule has 0 saturated carbocycles. The molecule has 0 amide bonds. The monoisotopic (exact) mass is 242 g/mol. The number of allylic oxidation sites excluding steroid dienone is 5. The minimum atomic E-state index is -0.239. The number of rotatable bonds is 3. The Hall–Kier alpha value is -0.310. The molecular weight excluding hydrogens is 223 g/mol. The van der Waals surface area contributed by atoms with Crippen molar-refractivity contribution in [2.45, 2.75) is 40.0 Å². The second-order valence-corrected chi connectivity index (χ2v) is 4.97. The van der Waals surface area contributed by atoms with E-state index in [0.717, 1.165) is 18.9 Å². The van der Waals surface area contributed by atoms with E-state index in [2.05, 4.69) is 20.8 Å². The topological polar surface area (TPSA) is 40.1 Å². The molecule has 0 bridgehead atoms. The molecule has 0 N–H and O–H groups in total. The van der Waals surface area contributed by atoms with Crippen molar-refractivity contribution in [2.75, 3.05) is 0 Å². The first-order valence-electron chi connectivity index (χ1n) is 5.68. The molecule has 2 nitrogen and oxygen atoms in total. The molecule has 0 spiro atoms. The van der Waals surface area contributed by atoms with Crippen molar-refractivity contribution >= 4 is 5.78 Å². The molecule has 0 atom stereocenters. The van der Waals surface area contributed by atoms with Crippen LogP contribution in [-0.2, 0) is 4.79 Å². The fraction of sp³-hybridized carbons (Fsp3) is 0.500. The second kappa shape index (κ2) is 7.20. The van der Waals surface area contributed by atoms with Crippen molar-refractivity contribution < 1.29 is 39.5 Å². The van der Waals surface area contributed by atoms with Crippen LogP contribution in [-0.4, -0.2) is 5.78 Å². The van der Waals surface area contributed by atoms with Gasteiger partial charge < -0.3 is 5.11 Å². The van der Waals surface area contributed by atoms with E-state index in [-0.39, 0.29) is 40.8 Å². The van der Waals surface area contributed by atoms with Gasteiger partial charge in [-0.05, 0) is 49.3 Å². The smallest absolute Gasteiger partial charge is 0.878 e. The van der Waals surface area contributed by atoms with Crippen LogP contribution in [0.25, 0.3) is 0 Å². The van der Waals surface area contributed by atoms with Gasteiger partial charge in [-0.25, -0.2) is 0 Å². The normalized spacial score (nSPS) is 19.7. The molecule has 0 aromatic heterocycles. The molecule has 0 saturated heterocycles. The maximum Gasteiger partial charge on any atom is 1.00 e. The SMILES string of the molecule is CC1=C(/C=C/C(=O)/C=C\[O-])C(C)(C)CCC1.[Na+]. The van der Waals surface area contributed by atoms with Crippen LogP contribution in [0.3, 0.4) is 0 Å². The van der Waals surface area contributed by atoms with Crippen LogP contribution in [0.15, 0.2) is 35.6 Å². The predicted octanol–water partition coefficient (Wildman–Crippen LogP) is -0.484. The van der Waals surface area contributed by atoms with Crippen LogP contribution in [0.1, 0.15) is 40.0 Å². The Bertz CT molecular complexity index is 362. The molecule has 0 aromatic rings. The standard InChI is InChI=1S/C14H20O2.Na/c1-11-5-4-9-14(2,3)13(11)7-6-12(16)8-10-15;/h6-8,10,15H,4-5,9H2,1-3H3;/q;+1/p-1/b7-6+,10-8-;. The van der Waals surface area contributed by atoms with Gasteiger partial charge in [-0.3, -0.25) is 4.79 Å². The first-order chi connectivity index (χ1) is 7.47. The molecule has 0 radical (unpaired) electrons. The fourth-order valence-electron chi connectivity index (χ4n) is 2.30. The Kier molecular flexibility index (Phi) is 7.07. The summed E-state index contributed by atoms with van der Waals surface area (Å²) in [6.07, 6.45) is 8.40. The summed E-state index contributed by atoms with van der Waals surface area (Å²) in [5, 5.41) is 10.1. The zero-order chi connectivity index (χ0) is 12.2. The molecule has 17 heavy (non-hydrogen) atoms. The van der Waals surface area contributed by atoms with Crippen molar-refractivity contribution in [3.63, 3.8) is 0 Å². The Morgan fingerprint density at radius 2 is 2.00 bits per heavy atom. The number of carbonyl (C=O) groups excluding carboxylic acids is 1. The van der Waals surface area contributed by atoms with E-state index in [1.165, 1.54) is 23.6 Å². The van der Waals surface area contributed by atoms with Gasteiger partial charge in [-0.2, -0.15) is 0 Å². The Morgan fingerprint density at radius 1 is 1.35 bits per heavy atom. The summed E-state index contributed by atoms with van der Waals surface area (Å²) in [5.41, 5.74) is 2.73. The zero-order valence-corrected chi connectivity index (χ0v) is 13.2. The first-order valence-corrected chi connectivity index (χ1v) is 5.68. The van der Waals surface area contributed by atoms with E-state index >= 15 is 0 Å². The number of carbonyl (C=O) groups is 1. The van der Waals surface area contributed by atoms with E-state index in [9.17, 15) is 9.90 Å². The van der Waals surface area contributed by atoms with Crippen molar-refractivity contribution in [3.8, 4) is 0 Å². The Morgan fingerprint density at radius 3 is 2.53 bits per heavy atom. The van der Waals surface area contributed by atoms with Crippen LogP contribution < -0.4 is 34.7 Å². The molecule has 1 rings (SSSR count). The minimum Gasteiger partial charge on any atom is -0.878 e. The Labute approximate surface area is 126 Å². The quantitative estimate of drug-likeness (QED) is 0.381. The molecule has 0 unspecified atom stereocenters. The summed E-state index contributed by atoms with van der Waals surface area (Å²) >= 11 is 0. The van der Waals surface area contributed by atoms with Gasteiger partial charge in [0.15, 0.2) is 5.78 Å². The zero-order valence-electron chi connectivity index (χ0n) is 11.2. The minimum absolute atomic E-state index is 0. The van der Waals surface area contributed by atoms with Crippen molar-refractivity contribution in [3.05, 3.63) is 35.6 Å². The summed E-state index contributed by atoms with van der Waals surface area (Å²) in [6, 6.07) is 0. The van der Waals surface area contributed by atoms with E-state index in [4.69, 9.17) is 0 Å². The molecule has 1 aliphatic carbocycles. The molecule has 1 aliphatic rings. The van der Waals surface area contributed by atoms with Gasteiger partial charge in [0.25, 0.3) is 0 Å². The van der Waals surface area contributed by atoms with Crippen LogP contribution >= 0.6 is 0 Å². The van der Waals surface area contributed by atoms with Crippen molar-refractivity contribution in [1.29, 1.82) is 0 Å². The number of hydrogen-bond acceptors (Lipinski definition) is 2. The maximum absolute atomic E-state index is 11.2. The van der Waals surface area contributed by atoms with Gasteiger partial charge in [-0.15, -0.1) is 6.26 Å². The number of ketones is 1. The summed E-state index contributed by atoms with van der Waals surface area (Å²) in [7, 11) is 0. The van der Waals surface area contributed by atoms with Crippen LogP contribution in [0.4, 0.5) is 0 Å². The summed E-state index contributed by atoms with van der Waals surface area (Å²) < 4.78 is 0. The Balaban J connectivity index is 0.00000256. The van der Waals surface area contributed by atoms with Crippen LogP contribution in [0.5, 0.6) is 0 Å². The van der Waals surface area contributed by atoms with Gasteiger partial charge >= 0.3 is 29.6 Å². The fourth-order valence-corrected chi connectivity index (χ4v) is 2.30. The summed E-state index contributed by atoms with van der Waals surface area (Å²) in [6.45, 7) is 6.51. The molecule has 0 aromatic carbocycles. The molecule has 3 heteroatoms. The van der Waals surface area contributed by atoms with E-state index in [1.807, 2.05) is 6.08 Å². The third-order valence-electron chi connectivity index (χ3n) is 3.19. The molecule has 0 aliphatic heterocycles. The van der Waals surface area contributed by atoms with E-state index in [0.29, 0.717) is 6.26 Å². The van der Waals surface area contributed by atoms with Gasteiger partial charge in [0.1, 0.15) is 0 Å². The first kappa shape index (κ1) is 16.7. The third-order valence-corrected chi connectivity index (χ3v) is 3.19. The van der Waals surface area contributed by atoms with Gasteiger partial charge in [0, 0.05) is 0 Å². The average molecular weight is 242 g/mol. The van der Waals surface area contributed by atoms with Crippen LogP contribution in [0, 0.1) is 5.41 Å². The van der Waals surface area contributed by atoms with E-state index in [1.54, 1.807) is 0 Å². The largest absolute Gasteiger partial charge is 1.00 e. The van der Waals surface area contributed by atoms with Crippen molar-refractivity contribution in [1.82, 2.24) is 0 Å². The molecule has 88 valence electrons. The molecule has 0 heterocycles. The predicted molar refractivity (Wildman–Crippen MR) is 63.6 cm³/mol. The number of hydrogen-bond donors (Lipinski definition) is 0. The summed E-state index contributed by atoms with van der Waals surface area (Å²) in [5.74, 6) is -0.239. The van der Waals surface area contributed by atoms with Crippen LogP contribution in [0.2, 0.25) is 0 Å². The average Bonchev–Trinajstić information content (AvgIpc) is 2.16. The van der Waals surface area contributed by atoms with Gasteiger partial charge in [0.05, 0.1) is 0 Å². The van der Waals surface area contributed by atoms with Crippen molar-refractivity contribution in [2.24, 2.45) is 5.41 Å². The van der Waals surface area contributed by atoms with Gasteiger partial charge in [0.2, 0.25) is 0 Å². The van der Waals surface area contributed by atoms with E-state index < -0.39 is 0 Å². The molecular formula is C14H19NaO2. The van der Waals surface area contributed by atoms with Gasteiger partial charge in [-0.1, -0.05) is 25.5 Å². The molecule has 0 fully saturated rings. The second-order valence-electron chi connectivity index (χ2n) is 4.97. The summed E-state index contributed by atoms with van der Waals surface area (Å²) in [4.78, 5) is 11.2. The maximum atomic E-state index is 11.2. The third kappa shape index (κ3) is 4.82.